The molecule has 0 bridgehead atoms. The summed E-state index contributed by atoms with van der Waals surface area (Å²) in [6, 6.07) is 8.38. The SMILES string of the molecule is CCCNCc1ccc(OC2CC(C)(C)OC2(C)C)cc1. The third kappa shape index (κ3) is 4.45. The maximum Gasteiger partial charge on any atom is 0.130 e. The second-order valence-electron chi connectivity index (χ2n) is 7.10. The molecule has 0 aliphatic carbocycles. The molecule has 1 N–H and O–H groups in total. The van der Waals surface area contributed by atoms with Crippen LogP contribution in [0.4, 0.5) is 0 Å². The van der Waals surface area contributed by atoms with Gasteiger partial charge in [0, 0.05) is 13.0 Å². The van der Waals surface area contributed by atoms with E-state index in [4.69, 9.17) is 9.47 Å². The molecule has 1 heterocycles. The molecule has 0 spiro atoms. The number of nitrogens with one attached hydrogen (secondary N) is 1. The predicted molar refractivity (Wildman–Crippen MR) is 86.7 cm³/mol. The van der Waals surface area contributed by atoms with Crippen molar-refractivity contribution in [3.63, 3.8) is 0 Å². The van der Waals surface area contributed by atoms with Crippen molar-refractivity contribution in [2.24, 2.45) is 0 Å². The summed E-state index contributed by atoms with van der Waals surface area (Å²) in [6.07, 6.45) is 2.17. The van der Waals surface area contributed by atoms with Gasteiger partial charge in [0.15, 0.2) is 0 Å². The molecule has 3 heteroatoms. The highest BCUT2D eigenvalue weighted by molar-refractivity contribution is 5.28. The van der Waals surface area contributed by atoms with Gasteiger partial charge in [-0.2, -0.15) is 0 Å². The first-order valence-corrected chi connectivity index (χ1v) is 7.99. The van der Waals surface area contributed by atoms with E-state index in [1.807, 2.05) is 0 Å². The van der Waals surface area contributed by atoms with Gasteiger partial charge in [-0.3, -0.25) is 0 Å². The number of hydrogen-bond acceptors (Lipinski definition) is 3. The summed E-state index contributed by atoms with van der Waals surface area (Å²) in [5, 5.41) is 3.41. The van der Waals surface area contributed by atoms with Gasteiger partial charge in [-0.1, -0.05) is 19.1 Å². The summed E-state index contributed by atoms with van der Waals surface area (Å²) in [7, 11) is 0. The van der Waals surface area contributed by atoms with E-state index in [-0.39, 0.29) is 17.3 Å². The van der Waals surface area contributed by atoms with E-state index >= 15 is 0 Å². The molecule has 1 aliphatic heterocycles. The highest BCUT2D eigenvalue weighted by Crippen LogP contribution is 2.39. The van der Waals surface area contributed by atoms with Crippen LogP contribution in [0.15, 0.2) is 24.3 Å². The van der Waals surface area contributed by atoms with E-state index in [9.17, 15) is 0 Å². The number of benzene rings is 1. The van der Waals surface area contributed by atoms with Crippen LogP contribution in [0.2, 0.25) is 0 Å². The molecule has 0 saturated carbocycles. The Hall–Kier alpha value is -1.06. The lowest BCUT2D eigenvalue weighted by Gasteiger charge is -2.27. The Kier molecular flexibility index (Phi) is 4.95. The van der Waals surface area contributed by atoms with E-state index in [0.29, 0.717) is 0 Å². The summed E-state index contributed by atoms with van der Waals surface area (Å²) >= 11 is 0. The summed E-state index contributed by atoms with van der Waals surface area (Å²) in [4.78, 5) is 0. The second-order valence-corrected chi connectivity index (χ2v) is 7.10. The lowest BCUT2D eigenvalue weighted by atomic mass is 9.97. The minimum atomic E-state index is -0.245. The first kappa shape index (κ1) is 16.3. The van der Waals surface area contributed by atoms with Gasteiger partial charge in [0.05, 0.1) is 5.60 Å². The van der Waals surface area contributed by atoms with Gasteiger partial charge >= 0.3 is 0 Å². The van der Waals surface area contributed by atoms with Gasteiger partial charge in [-0.05, 0) is 58.4 Å². The minimum absolute atomic E-state index is 0.0940. The molecule has 1 aromatic rings. The van der Waals surface area contributed by atoms with Gasteiger partial charge in [0.1, 0.15) is 17.5 Å². The topological polar surface area (TPSA) is 30.5 Å². The molecule has 1 aliphatic rings. The molecule has 1 saturated heterocycles. The molecule has 0 amide bonds. The Labute approximate surface area is 129 Å². The van der Waals surface area contributed by atoms with Crippen LogP contribution in [0.25, 0.3) is 0 Å². The molecule has 1 atom stereocenters. The molecular formula is C18H29NO2. The Balaban J connectivity index is 1.94. The van der Waals surface area contributed by atoms with Crippen LogP contribution in [-0.2, 0) is 11.3 Å². The van der Waals surface area contributed by atoms with Crippen molar-refractivity contribution in [3.8, 4) is 5.75 Å². The van der Waals surface area contributed by atoms with Gasteiger partial charge in [0.2, 0.25) is 0 Å². The zero-order valence-electron chi connectivity index (χ0n) is 14.0. The minimum Gasteiger partial charge on any atom is -0.487 e. The molecule has 3 nitrogen and oxygen atoms in total. The van der Waals surface area contributed by atoms with Crippen LogP contribution in [0, 0.1) is 0 Å². The van der Waals surface area contributed by atoms with Crippen LogP contribution in [0.1, 0.15) is 53.0 Å². The Morgan fingerprint density at radius 2 is 1.86 bits per heavy atom. The summed E-state index contributed by atoms with van der Waals surface area (Å²) < 4.78 is 12.2. The van der Waals surface area contributed by atoms with Gasteiger partial charge in [-0.15, -0.1) is 0 Å². The van der Waals surface area contributed by atoms with Crippen molar-refractivity contribution in [1.82, 2.24) is 5.32 Å². The van der Waals surface area contributed by atoms with Gasteiger partial charge < -0.3 is 14.8 Å². The quantitative estimate of drug-likeness (QED) is 0.806. The van der Waals surface area contributed by atoms with Crippen molar-refractivity contribution in [2.45, 2.75) is 71.3 Å². The maximum atomic E-state index is 6.16. The average Bonchev–Trinajstić information content (AvgIpc) is 2.59. The summed E-state index contributed by atoms with van der Waals surface area (Å²) in [5.41, 5.74) is 0.932. The number of rotatable bonds is 6. The van der Waals surface area contributed by atoms with Crippen molar-refractivity contribution < 1.29 is 9.47 Å². The third-order valence-electron chi connectivity index (χ3n) is 3.95. The van der Waals surface area contributed by atoms with Gasteiger partial charge in [-0.25, -0.2) is 0 Å². The standard InChI is InChI=1S/C18H29NO2/c1-6-11-19-13-14-7-9-15(10-8-14)20-16-12-17(2,3)21-18(16,4)5/h7-10,16,19H,6,11-13H2,1-5H3. The number of hydrogen-bond donors (Lipinski definition) is 1. The maximum absolute atomic E-state index is 6.16. The van der Waals surface area contributed by atoms with E-state index in [1.54, 1.807) is 0 Å². The van der Waals surface area contributed by atoms with E-state index in [0.717, 1.165) is 31.7 Å². The zero-order chi connectivity index (χ0) is 15.5. The fourth-order valence-corrected chi connectivity index (χ4v) is 2.95. The lowest BCUT2D eigenvalue weighted by Crippen LogP contribution is -2.36. The molecule has 1 unspecified atom stereocenters. The molecule has 2 rings (SSSR count). The second kappa shape index (κ2) is 6.37. The summed E-state index contributed by atoms with van der Waals surface area (Å²) in [6.45, 7) is 12.6. The van der Waals surface area contributed by atoms with Crippen LogP contribution in [-0.4, -0.2) is 23.9 Å². The fourth-order valence-electron chi connectivity index (χ4n) is 2.95. The Morgan fingerprint density at radius 3 is 2.38 bits per heavy atom. The lowest BCUT2D eigenvalue weighted by molar-refractivity contribution is -0.0846. The summed E-state index contributed by atoms with van der Waals surface area (Å²) in [5.74, 6) is 0.925. The normalized spacial score (nSPS) is 23.2. The molecule has 1 fully saturated rings. The highest BCUT2D eigenvalue weighted by Gasteiger charge is 2.47. The highest BCUT2D eigenvalue weighted by atomic mass is 16.6. The predicted octanol–water partition coefficient (Wildman–Crippen LogP) is 3.91. The molecule has 21 heavy (non-hydrogen) atoms. The van der Waals surface area contributed by atoms with Crippen molar-refractivity contribution in [3.05, 3.63) is 29.8 Å². The van der Waals surface area contributed by atoms with Gasteiger partial charge in [0.25, 0.3) is 0 Å². The molecule has 118 valence electrons. The molecule has 0 aromatic heterocycles. The van der Waals surface area contributed by atoms with Crippen molar-refractivity contribution in [1.29, 1.82) is 0 Å². The average molecular weight is 291 g/mol. The van der Waals surface area contributed by atoms with E-state index in [1.165, 1.54) is 5.56 Å². The fraction of sp³-hybridized carbons (Fsp3) is 0.667. The Morgan fingerprint density at radius 1 is 1.19 bits per heavy atom. The number of ether oxygens (including phenoxy) is 2. The largest absolute Gasteiger partial charge is 0.487 e. The smallest absolute Gasteiger partial charge is 0.130 e. The van der Waals surface area contributed by atoms with Crippen LogP contribution < -0.4 is 10.1 Å². The first-order valence-electron chi connectivity index (χ1n) is 7.99. The monoisotopic (exact) mass is 291 g/mol. The van der Waals surface area contributed by atoms with Crippen molar-refractivity contribution >= 4 is 0 Å². The van der Waals surface area contributed by atoms with Crippen LogP contribution >= 0.6 is 0 Å². The van der Waals surface area contributed by atoms with Crippen LogP contribution in [0.3, 0.4) is 0 Å². The third-order valence-corrected chi connectivity index (χ3v) is 3.95. The Bertz CT molecular complexity index is 451. The first-order chi connectivity index (χ1) is 9.82. The van der Waals surface area contributed by atoms with E-state index < -0.39 is 0 Å². The molecule has 0 radical (unpaired) electrons. The zero-order valence-corrected chi connectivity index (χ0v) is 14.0. The van der Waals surface area contributed by atoms with E-state index in [2.05, 4.69) is 64.2 Å². The molecular weight excluding hydrogens is 262 g/mol. The molecule has 1 aromatic carbocycles. The van der Waals surface area contributed by atoms with Crippen LogP contribution in [0.5, 0.6) is 5.75 Å². The van der Waals surface area contributed by atoms with Crippen molar-refractivity contribution in [2.75, 3.05) is 6.54 Å².